The first-order chi connectivity index (χ1) is 22.3. The molecule has 4 heterocycles. The Morgan fingerprint density at radius 3 is 2.09 bits per heavy atom. The number of nitrogens with one attached hydrogen (secondary N) is 1. The number of anilines is 1. The van der Waals surface area contributed by atoms with Crippen molar-refractivity contribution in [2.75, 3.05) is 5.32 Å². The summed E-state index contributed by atoms with van der Waals surface area (Å²) in [5.41, 5.74) is 10.6. The molecule has 1 N–H and O–H groups in total. The number of rotatable bonds is 4. The molecule has 8 aromatic rings. The molecule has 9 rings (SSSR count). The summed E-state index contributed by atoms with van der Waals surface area (Å²) in [5.74, 6) is 0.658. The molecule has 212 valence electrons. The molecule has 0 bridgehead atoms. The first-order valence-electron chi connectivity index (χ1n) is 15.1. The highest BCUT2D eigenvalue weighted by atomic mass is 16.3. The Balaban J connectivity index is 1.26. The summed E-state index contributed by atoms with van der Waals surface area (Å²) in [7, 11) is 0. The van der Waals surface area contributed by atoms with Gasteiger partial charge in [0.1, 0.15) is 11.2 Å². The molecule has 0 fully saturated rings. The molecule has 0 aliphatic carbocycles. The number of hydrogen-bond donors (Lipinski definition) is 1. The van der Waals surface area contributed by atoms with E-state index in [0.717, 1.165) is 77.7 Å². The minimum absolute atomic E-state index is 0.0842. The number of pyridine rings is 1. The molecule has 1 unspecified atom stereocenters. The number of nitrogens with zero attached hydrogens (tertiary/aromatic N) is 3. The van der Waals surface area contributed by atoms with Gasteiger partial charge in [-0.1, -0.05) is 115 Å². The van der Waals surface area contributed by atoms with Gasteiger partial charge in [-0.05, 0) is 35.4 Å². The molecule has 1 aliphatic rings. The smallest absolute Gasteiger partial charge is 0.161 e. The van der Waals surface area contributed by atoms with Gasteiger partial charge in [-0.25, -0.2) is 9.97 Å². The zero-order chi connectivity index (χ0) is 29.7. The SMILES string of the molecule is C1=CC(c2cccc3oc4cccc(-c5nc(-c6ccccc6)cc(-c6ccccc6)n5)c4c23)Nc2c1ccc1cccnc21. The monoisotopic (exact) mass is 578 g/mol. The average molecular weight is 579 g/mol. The van der Waals surface area contributed by atoms with E-state index in [4.69, 9.17) is 19.4 Å². The normalized spacial score (nSPS) is 14.1. The van der Waals surface area contributed by atoms with E-state index in [1.165, 1.54) is 0 Å². The van der Waals surface area contributed by atoms with E-state index in [0.29, 0.717) is 5.82 Å². The van der Waals surface area contributed by atoms with E-state index in [9.17, 15) is 0 Å². The molecule has 1 atom stereocenters. The Morgan fingerprint density at radius 2 is 1.33 bits per heavy atom. The van der Waals surface area contributed by atoms with Crippen LogP contribution in [-0.4, -0.2) is 15.0 Å². The predicted molar refractivity (Wildman–Crippen MR) is 183 cm³/mol. The van der Waals surface area contributed by atoms with Crippen LogP contribution in [-0.2, 0) is 0 Å². The highest BCUT2D eigenvalue weighted by molar-refractivity contribution is 6.13. The summed E-state index contributed by atoms with van der Waals surface area (Å²) in [4.78, 5) is 15.0. The van der Waals surface area contributed by atoms with Gasteiger partial charge in [0.2, 0.25) is 0 Å². The molecule has 5 nitrogen and oxygen atoms in total. The predicted octanol–water partition coefficient (Wildman–Crippen LogP) is 10.1. The Morgan fingerprint density at radius 1 is 0.622 bits per heavy atom. The number of furan rings is 1. The van der Waals surface area contributed by atoms with Crippen molar-refractivity contribution in [3.8, 4) is 33.9 Å². The highest BCUT2D eigenvalue weighted by Crippen LogP contribution is 2.43. The molecular weight excluding hydrogens is 552 g/mol. The van der Waals surface area contributed by atoms with Crippen LogP contribution in [0.2, 0.25) is 0 Å². The third kappa shape index (κ3) is 4.28. The Bertz CT molecular complexity index is 2350. The number of aromatic nitrogens is 3. The van der Waals surface area contributed by atoms with Gasteiger partial charge < -0.3 is 9.73 Å². The number of fused-ring (bicyclic) bond motifs is 6. The van der Waals surface area contributed by atoms with Crippen molar-refractivity contribution in [1.82, 2.24) is 15.0 Å². The van der Waals surface area contributed by atoms with E-state index in [1.54, 1.807) is 0 Å². The zero-order valence-electron chi connectivity index (χ0n) is 24.2. The van der Waals surface area contributed by atoms with Crippen LogP contribution in [0.25, 0.3) is 72.8 Å². The number of hydrogen-bond acceptors (Lipinski definition) is 5. The van der Waals surface area contributed by atoms with Crippen LogP contribution < -0.4 is 5.32 Å². The molecule has 3 aromatic heterocycles. The van der Waals surface area contributed by atoms with Gasteiger partial charge in [0.15, 0.2) is 5.82 Å². The summed E-state index contributed by atoms with van der Waals surface area (Å²) >= 11 is 0. The summed E-state index contributed by atoms with van der Waals surface area (Å²) in [6.07, 6.45) is 6.25. The fourth-order valence-corrected chi connectivity index (χ4v) is 6.46. The summed E-state index contributed by atoms with van der Waals surface area (Å²) < 4.78 is 6.50. The minimum Gasteiger partial charge on any atom is -0.456 e. The molecule has 0 radical (unpaired) electrons. The molecule has 5 aromatic carbocycles. The minimum atomic E-state index is -0.0842. The van der Waals surface area contributed by atoms with Gasteiger partial charge in [0, 0.05) is 39.0 Å². The lowest BCUT2D eigenvalue weighted by molar-refractivity contribution is 0.668. The van der Waals surface area contributed by atoms with Crippen LogP contribution in [0, 0.1) is 0 Å². The second-order valence-corrected chi connectivity index (χ2v) is 11.3. The van der Waals surface area contributed by atoms with E-state index < -0.39 is 0 Å². The summed E-state index contributed by atoms with van der Waals surface area (Å²) in [5, 5.41) is 6.97. The van der Waals surface area contributed by atoms with E-state index in [-0.39, 0.29) is 6.04 Å². The molecule has 1 aliphatic heterocycles. The average Bonchev–Trinajstić information content (AvgIpc) is 3.51. The second-order valence-electron chi connectivity index (χ2n) is 11.3. The highest BCUT2D eigenvalue weighted by Gasteiger charge is 2.24. The Hall–Kier alpha value is -6.07. The zero-order valence-corrected chi connectivity index (χ0v) is 24.2. The summed E-state index contributed by atoms with van der Waals surface area (Å²) in [6.45, 7) is 0. The lowest BCUT2D eigenvalue weighted by Gasteiger charge is -2.24. The van der Waals surface area contributed by atoms with Crippen molar-refractivity contribution in [1.29, 1.82) is 0 Å². The molecule has 0 amide bonds. The van der Waals surface area contributed by atoms with Crippen LogP contribution in [0.5, 0.6) is 0 Å². The molecule has 0 saturated heterocycles. The van der Waals surface area contributed by atoms with E-state index >= 15 is 0 Å². The van der Waals surface area contributed by atoms with Crippen LogP contribution >= 0.6 is 0 Å². The second kappa shape index (κ2) is 10.3. The molecule has 0 saturated carbocycles. The van der Waals surface area contributed by atoms with Crippen LogP contribution in [0.4, 0.5) is 5.69 Å². The quantitative estimate of drug-likeness (QED) is 0.225. The molecule has 45 heavy (non-hydrogen) atoms. The lowest BCUT2D eigenvalue weighted by Crippen LogP contribution is -2.13. The largest absolute Gasteiger partial charge is 0.456 e. The van der Waals surface area contributed by atoms with Crippen molar-refractivity contribution in [2.45, 2.75) is 6.04 Å². The Kier molecular flexibility index (Phi) is 5.81. The maximum atomic E-state index is 6.50. The molecular formula is C40H26N4O. The summed E-state index contributed by atoms with van der Waals surface area (Å²) in [6, 6.07) is 43.3. The first kappa shape index (κ1) is 25.4. The van der Waals surface area contributed by atoms with Crippen molar-refractivity contribution in [3.63, 3.8) is 0 Å². The number of benzene rings is 5. The van der Waals surface area contributed by atoms with Gasteiger partial charge in [-0.2, -0.15) is 0 Å². The van der Waals surface area contributed by atoms with Crippen LogP contribution in [0.15, 0.2) is 144 Å². The fraction of sp³-hybridized carbons (Fsp3) is 0.0250. The Labute approximate surface area is 259 Å². The van der Waals surface area contributed by atoms with E-state index in [1.807, 2.05) is 66.9 Å². The van der Waals surface area contributed by atoms with Gasteiger partial charge in [-0.3, -0.25) is 4.98 Å². The van der Waals surface area contributed by atoms with Crippen molar-refractivity contribution in [3.05, 3.63) is 151 Å². The van der Waals surface area contributed by atoms with Gasteiger partial charge in [0.25, 0.3) is 0 Å². The fourth-order valence-electron chi connectivity index (χ4n) is 6.46. The van der Waals surface area contributed by atoms with Crippen molar-refractivity contribution in [2.24, 2.45) is 0 Å². The van der Waals surface area contributed by atoms with E-state index in [2.05, 4.69) is 84.2 Å². The standard InChI is InChI=1S/C40H26N4O/c1-3-10-25(11-4-1)32-24-33(26-12-5-2-6-13-26)44-40(43-32)30-16-8-18-35-37(30)36-29(15-7-17-34(36)45-35)31-22-21-28-20-19-27-14-9-23-41-38(27)39(28)42-31/h1-24,31,42H. The van der Waals surface area contributed by atoms with Crippen LogP contribution in [0.3, 0.4) is 0 Å². The van der Waals surface area contributed by atoms with Crippen molar-refractivity contribution < 1.29 is 4.42 Å². The maximum Gasteiger partial charge on any atom is 0.161 e. The van der Waals surface area contributed by atoms with Gasteiger partial charge in [0.05, 0.1) is 28.6 Å². The first-order valence-corrected chi connectivity index (χ1v) is 15.1. The lowest BCUT2D eigenvalue weighted by atomic mass is 9.93. The molecule has 0 spiro atoms. The maximum absolute atomic E-state index is 6.50. The molecule has 5 heteroatoms. The topological polar surface area (TPSA) is 63.8 Å². The van der Waals surface area contributed by atoms with Crippen LogP contribution in [0.1, 0.15) is 17.2 Å². The van der Waals surface area contributed by atoms with Crippen molar-refractivity contribution >= 4 is 44.6 Å². The third-order valence-corrected chi connectivity index (χ3v) is 8.57. The third-order valence-electron chi connectivity index (χ3n) is 8.57. The van der Waals surface area contributed by atoms with Gasteiger partial charge >= 0.3 is 0 Å². The van der Waals surface area contributed by atoms with Gasteiger partial charge in [-0.15, -0.1) is 0 Å².